The van der Waals surface area contributed by atoms with Crippen LogP contribution in [0.3, 0.4) is 0 Å². The van der Waals surface area contributed by atoms with Crippen molar-refractivity contribution in [3.63, 3.8) is 0 Å². The molecule has 0 saturated heterocycles. The Balaban J connectivity index is 1.73. The monoisotopic (exact) mass is 274 g/mol. The van der Waals surface area contributed by atoms with Crippen molar-refractivity contribution in [2.24, 2.45) is 5.73 Å². The van der Waals surface area contributed by atoms with Crippen molar-refractivity contribution in [3.05, 3.63) is 59.3 Å². The number of nitrogens with two attached hydrogens (primary N) is 1. The van der Waals surface area contributed by atoms with E-state index in [-0.39, 0.29) is 5.82 Å². The van der Waals surface area contributed by atoms with Crippen LogP contribution in [0.15, 0.2) is 41.0 Å². The van der Waals surface area contributed by atoms with E-state index in [1.54, 1.807) is 6.26 Å². The van der Waals surface area contributed by atoms with E-state index in [1.165, 1.54) is 18.9 Å². The Morgan fingerprint density at radius 2 is 2.10 bits per heavy atom. The van der Waals surface area contributed by atoms with Gasteiger partial charge < -0.3 is 10.2 Å². The highest BCUT2D eigenvalue weighted by Gasteiger charge is 2.30. The molecule has 0 unspecified atom stereocenters. The predicted octanol–water partition coefficient (Wildman–Crippen LogP) is 3.04. The minimum absolute atomic E-state index is 0.168. The third-order valence-corrected chi connectivity index (χ3v) is 3.73. The van der Waals surface area contributed by atoms with Gasteiger partial charge in [-0.05, 0) is 36.6 Å². The van der Waals surface area contributed by atoms with Crippen LogP contribution in [0.25, 0.3) is 0 Å². The molecule has 106 valence electrons. The van der Waals surface area contributed by atoms with E-state index in [2.05, 4.69) is 4.90 Å². The molecule has 0 aliphatic heterocycles. The molecule has 1 aliphatic rings. The molecule has 1 heterocycles. The minimum atomic E-state index is -0.168. The van der Waals surface area contributed by atoms with Crippen molar-refractivity contribution < 1.29 is 8.81 Å². The zero-order chi connectivity index (χ0) is 13.9. The Morgan fingerprint density at radius 3 is 2.70 bits per heavy atom. The van der Waals surface area contributed by atoms with Gasteiger partial charge in [0.25, 0.3) is 0 Å². The highest BCUT2D eigenvalue weighted by molar-refractivity contribution is 5.24. The van der Waals surface area contributed by atoms with E-state index >= 15 is 0 Å². The van der Waals surface area contributed by atoms with Crippen LogP contribution in [0.2, 0.25) is 0 Å². The summed E-state index contributed by atoms with van der Waals surface area (Å²) in [6.07, 6.45) is 4.05. The van der Waals surface area contributed by atoms with Crippen LogP contribution >= 0.6 is 0 Å². The molecule has 1 aliphatic carbocycles. The van der Waals surface area contributed by atoms with Gasteiger partial charge in [-0.15, -0.1) is 0 Å². The molecule has 1 aromatic heterocycles. The molecular formula is C16H19FN2O. The fraction of sp³-hybridized carbons (Fsp3) is 0.375. The van der Waals surface area contributed by atoms with E-state index in [4.69, 9.17) is 10.2 Å². The summed E-state index contributed by atoms with van der Waals surface area (Å²) in [5.41, 5.74) is 7.08. The summed E-state index contributed by atoms with van der Waals surface area (Å²) in [5.74, 6) is 0.758. The number of rotatable bonds is 6. The fourth-order valence-electron chi connectivity index (χ4n) is 2.42. The first-order valence-corrected chi connectivity index (χ1v) is 7.00. The summed E-state index contributed by atoms with van der Waals surface area (Å²) < 4.78 is 19.4. The highest BCUT2D eigenvalue weighted by Crippen LogP contribution is 2.30. The molecule has 2 aromatic rings. The fourth-order valence-corrected chi connectivity index (χ4v) is 2.42. The van der Waals surface area contributed by atoms with Crippen molar-refractivity contribution in [1.82, 2.24) is 4.90 Å². The lowest BCUT2D eigenvalue weighted by Gasteiger charge is -2.21. The van der Waals surface area contributed by atoms with Crippen molar-refractivity contribution in [1.29, 1.82) is 0 Å². The van der Waals surface area contributed by atoms with Gasteiger partial charge in [0.1, 0.15) is 11.6 Å². The number of halogens is 1. The second-order valence-electron chi connectivity index (χ2n) is 5.35. The molecule has 0 amide bonds. The zero-order valence-electron chi connectivity index (χ0n) is 11.4. The van der Waals surface area contributed by atoms with E-state index < -0.39 is 0 Å². The second kappa shape index (κ2) is 5.77. The maximum atomic E-state index is 14.1. The maximum absolute atomic E-state index is 14.1. The minimum Gasteiger partial charge on any atom is -0.468 e. The number of furan rings is 1. The molecular weight excluding hydrogens is 255 g/mol. The maximum Gasteiger partial charge on any atom is 0.128 e. The third-order valence-electron chi connectivity index (χ3n) is 3.73. The largest absolute Gasteiger partial charge is 0.468 e. The van der Waals surface area contributed by atoms with Crippen molar-refractivity contribution in [2.45, 2.75) is 38.5 Å². The summed E-state index contributed by atoms with van der Waals surface area (Å²) in [7, 11) is 0. The average molecular weight is 274 g/mol. The first-order valence-electron chi connectivity index (χ1n) is 7.00. The highest BCUT2D eigenvalue weighted by atomic mass is 19.1. The number of hydrogen-bond donors (Lipinski definition) is 1. The molecule has 2 N–H and O–H groups in total. The normalized spacial score (nSPS) is 14.9. The quantitative estimate of drug-likeness (QED) is 0.880. The lowest BCUT2D eigenvalue weighted by atomic mass is 10.1. The zero-order valence-corrected chi connectivity index (χ0v) is 11.4. The van der Waals surface area contributed by atoms with Crippen LogP contribution in [-0.2, 0) is 19.6 Å². The van der Waals surface area contributed by atoms with Crippen molar-refractivity contribution in [3.8, 4) is 0 Å². The smallest absolute Gasteiger partial charge is 0.128 e. The van der Waals surface area contributed by atoms with Gasteiger partial charge >= 0.3 is 0 Å². The first kappa shape index (κ1) is 13.3. The number of hydrogen-bond acceptors (Lipinski definition) is 3. The first-order chi connectivity index (χ1) is 9.76. The third kappa shape index (κ3) is 3.08. The molecule has 3 rings (SSSR count). The lowest BCUT2D eigenvalue weighted by Crippen LogP contribution is -2.25. The summed E-state index contributed by atoms with van der Waals surface area (Å²) in [6.45, 7) is 1.72. The Bertz CT molecular complexity index is 564. The molecule has 0 bridgehead atoms. The van der Waals surface area contributed by atoms with Crippen LogP contribution in [0.5, 0.6) is 0 Å². The summed E-state index contributed by atoms with van der Waals surface area (Å²) in [5, 5.41) is 0. The van der Waals surface area contributed by atoms with E-state index in [9.17, 15) is 4.39 Å². The summed E-state index contributed by atoms with van der Waals surface area (Å²) >= 11 is 0. The van der Waals surface area contributed by atoms with Gasteiger partial charge in [0.2, 0.25) is 0 Å². The molecule has 0 radical (unpaired) electrons. The predicted molar refractivity (Wildman–Crippen MR) is 75.3 cm³/mol. The Morgan fingerprint density at radius 1 is 1.25 bits per heavy atom. The van der Waals surface area contributed by atoms with Gasteiger partial charge in [-0.3, -0.25) is 4.90 Å². The van der Waals surface area contributed by atoms with Crippen LogP contribution in [0.4, 0.5) is 4.39 Å². The van der Waals surface area contributed by atoms with Gasteiger partial charge in [0.15, 0.2) is 0 Å². The van der Waals surface area contributed by atoms with Gasteiger partial charge in [-0.25, -0.2) is 4.39 Å². The average Bonchev–Trinajstić information content (AvgIpc) is 3.18. The van der Waals surface area contributed by atoms with Crippen molar-refractivity contribution >= 4 is 0 Å². The van der Waals surface area contributed by atoms with Crippen LogP contribution in [0.1, 0.15) is 29.7 Å². The van der Waals surface area contributed by atoms with Gasteiger partial charge in [0.05, 0.1) is 12.8 Å². The molecule has 0 spiro atoms. The van der Waals surface area contributed by atoms with Crippen molar-refractivity contribution in [2.75, 3.05) is 0 Å². The van der Waals surface area contributed by atoms with Gasteiger partial charge in [0, 0.05) is 24.7 Å². The van der Waals surface area contributed by atoms with Crippen LogP contribution < -0.4 is 5.73 Å². The van der Waals surface area contributed by atoms with E-state index in [0.717, 1.165) is 23.4 Å². The Labute approximate surface area is 118 Å². The van der Waals surface area contributed by atoms with Gasteiger partial charge in [-0.1, -0.05) is 12.1 Å². The molecule has 4 heteroatoms. The molecule has 20 heavy (non-hydrogen) atoms. The summed E-state index contributed by atoms with van der Waals surface area (Å²) in [6, 6.07) is 9.67. The molecule has 1 saturated carbocycles. The molecule has 1 aromatic carbocycles. The van der Waals surface area contributed by atoms with Crippen LogP contribution in [0, 0.1) is 5.82 Å². The molecule has 3 nitrogen and oxygen atoms in total. The number of nitrogens with zero attached hydrogens (tertiary/aromatic N) is 1. The summed E-state index contributed by atoms with van der Waals surface area (Å²) in [4.78, 5) is 2.28. The Kier molecular flexibility index (Phi) is 3.85. The standard InChI is InChI=1S/C16H19FN2O/c17-16-8-12(9-18)3-4-13(16)10-19(14-5-6-14)11-15-2-1-7-20-15/h1-4,7-8,14H,5-6,9-11,18H2. The molecule has 0 atom stereocenters. The van der Waals surface area contributed by atoms with E-state index in [1.807, 2.05) is 24.3 Å². The number of benzene rings is 1. The van der Waals surface area contributed by atoms with Crippen LogP contribution in [-0.4, -0.2) is 10.9 Å². The lowest BCUT2D eigenvalue weighted by molar-refractivity contribution is 0.222. The van der Waals surface area contributed by atoms with E-state index in [0.29, 0.717) is 19.1 Å². The second-order valence-corrected chi connectivity index (χ2v) is 5.35. The topological polar surface area (TPSA) is 42.4 Å². The Hall–Kier alpha value is -1.65. The SMILES string of the molecule is NCc1ccc(CN(Cc2ccco2)C2CC2)c(F)c1. The molecule has 1 fully saturated rings. The van der Waals surface area contributed by atoms with Gasteiger partial charge in [-0.2, -0.15) is 0 Å².